The van der Waals surface area contributed by atoms with E-state index < -0.39 is 0 Å². The number of nitrogens with zero attached hydrogens (tertiary/aromatic N) is 1. The fourth-order valence-electron chi connectivity index (χ4n) is 1.70. The van der Waals surface area contributed by atoms with Gasteiger partial charge in [-0.2, -0.15) is 0 Å². The van der Waals surface area contributed by atoms with Gasteiger partial charge in [0.2, 0.25) is 0 Å². The fourth-order valence-corrected chi connectivity index (χ4v) is 3.01. The van der Waals surface area contributed by atoms with Crippen molar-refractivity contribution in [2.24, 2.45) is 0 Å². The number of hydrogen-bond donors (Lipinski definition) is 0. The van der Waals surface area contributed by atoms with Crippen LogP contribution in [0.15, 0.2) is 30.3 Å². The Morgan fingerprint density at radius 1 is 1.28 bits per heavy atom. The zero-order valence-corrected chi connectivity index (χ0v) is 12.1. The highest BCUT2D eigenvalue weighted by atomic mass is 35.5. The number of anilines is 1. The first-order valence-electron chi connectivity index (χ1n) is 5.40. The lowest BCUT2D eigenvalue weighted by Gasteiger charge is -2.19. The third-order valence-electron chi connectivity index (χ3n) is 2.60. The van der Waals surface area contributed by atoms with Crippen LogP contribution in [0.4, 0.5) is 10.1 Å². The monoisotopic (exact) mass is 303 g/mol. The van der Waals surface area contributed by atoms with Gasteiger partial charge < -0.3 is 4.90 Å². The molecule has 0 radical (unpaired) electrons. The number of halogens is 3. The summed E-state index contributed by atoms with van der Waals surface area (Å²) < 4.78 is 14.6. The van der Waals surface area contributed by atoms with E-state index in [1.165, 1.54) is 17.4 Å². The topological polar surface area (TPSA) is 3.24 Å². The average Bonchev–Trinajstić information content (AvgIpc) is 2.74. The van der Waals surface area contributed by atoms with Crippen LogP contribution in [0.5, 0.6) is 0 Å². The van der Waals surface area contributed by atoms with Crippen molar-refractivity contribution in [2.45, 2.75) is 12.4 Å². The molecule has 18 heavy (non-hydrogen) atoms. The second-order valence-corrected chi connectivity index (χ2v) is 6.05. The van der Waals surface area contributed by atoms with E-state index in [-0.39, 0.29) is 5.82 Å². The summed E-state index contributed by atoms with van der Waals surface area (Å²) >= 11 is 13.0. The summed E-state index contributed by atoms with van der Waals surface area (Å²) in [5.74, 6) is 0.0693. The maximum atomic E-state index is 13.9. The molecule has 0 bridgehead atoms. The minimum atomic E-state index is -0.252. The van der Waals surface area contributed by atoms with Crippen molar-refractivity contribution in [3.63, 3.8) is 0 Å². The lowest BCUT2D eigenvalue weighted by atomic mass is 10.2. The first-order chi connectivity index (χ1) is 8.60. The fraction of sp³-hybridized carbons (Fsp3) is 0.231. The Kier molecular flexibility index (Phi) is 4.49. The summed E-state index contributed by atoms with van der Waals surface area (Å²) in [5, 5.41) is 0. The maximum Gasteiger partial charge on any atom is 0.146 e. The first kappa shape index (κ1) is 13.7. The molecule has 1 aromatic heterocycles. The molecule has 0 saturated heterocycles. The molecular formula is C13H12Cl2FNS. The van der Waals surface area contributed by atoms with Gasteiger partial charge in [0.15, 0.2) is 0 Å². The molecule has 0 unspecified atom stereocenters. The van der Waals surface area contributed by atoms with E-state index in [2.05, 4.69) is 0 Å². The standard InChI is InChI=1S/C13H12Cl2FNS/c1-17(8-10-3-5-13(15)18-10)12-4-2-9(7-14)6-11(12)16/h2-6H,7-8H2,1H3. The molecule has 0 aliphatic heterocycles. The van der Waals surface area contributed by atoms with E-state index in [0.29, 0.717) is 18.1 Å². The van der Waals surface area contributed by atoms with Crippen molar-refractivity contribution < 1.29 is 4.39 Å². The Balaban J connectivity index is 2.15. The van der Waals surface area contributed by atoms with Crippen LogP contribution in [0, 0.1) is 5.82 Å². The van der Waals surface area contributed by atoms with Gasteiger partial charge in [-0.3, -0.25) is 0 Å². The Morgan fingerprint density at radius 3 is 2.61 bits per heavy atom. The summed E-state index contributed by atoms with van der Waals surface area (Å²) in [4.78, 5) is 2.96. The van der Waals surface area contributed by atoms with Gasteiger partial charge in [-0.05, 0) is 29.8 Å². The maximum absolute atomic E-state index is 13.9. The molecule has 0 aliphatic carbocycles. The normalized spacial score (nSPS) is 10.7. The molecule has 1 heterocycles. The van der Waals surface area contributed by atoms with Crippen LogP contribution >= 0.6 is 34.5 Å². The molecule has 0 atom stereocenters. The van der Waals surface area contributed by atoms with Gasteiger partial charge in [0, 0.05) is 17.8 Å². The molecule has 1 aromatic carbocycles. The number of hydrogen-bond acceptors (Lipinski definition) is 2. The largest absolute Gasteiger partial charge is 0.367 e. The highest BCUT2D eigenvalue weighted by Gasteiger charge is 2.10. The summed E-state index contributed by atoms with van der Waals surface area (Å²) in [7, 11) is 1.85. The number of thiophene rings is 1. The van der Waals surface area contributed by atoms with Crippen molar-refractivity contribution in [3.8, 4) is 0 Å². The van der Waals surface area contributed by atoms with E-state index in [0.717, 1.165) is 14.8 Å². The Morgan fingerprint density at radius 2 is 2.06 bits per heavy atom. The molecule has 2 aromatic rings. The second kappa shape index (κ2) is 5.91. The van der Waals surface area contributed by atoms with Crippen LogP contribution in [0.3, 0.4) is 0 Å². The van der Waals surface area contributed by atoms with Crippen LogP contribution in [-0.4, -0.2) is 7.05 Å². The lowest BCUT2D eigenvalue weighted by molar-refractivity contribution is 0.621. The molecule has 2 rings (SSSR count). The van der Waals surface area contributed by atoms with Gasteiger partial charge in [-0.25, -0.2) is 4.39 Å². The van der Waals surface area contributed by atoms with Crippen LogP contribution in [-0.2, 0) is 12.4 Å². The summed E-state index contributed by atoms with van der Waals surface area (Å²) in [5.41, 5.74) is 1.35. The molecular weight excluding hydrogens is 292 g/mol. The Bertz CT molecular complexity index is 542. The van der Waals surface area contributed by atoms with E-state index >= 15 is 0 Å². The van der Waals surface area contributed by atoms with Crippen molar-refractivity contribution in [3.05, 3.63) is 50.9 Å². The van der Waals surface area contributed by atoms with E-state index in [9.17, 15) is 4.39 Å². The van der Waals surface area contributed by atoms with Crippen LogP contribution in [0.1, 0.15) is 10.4 Å². The second-order valence-electron chi connectivity index (χ2n) is 3.98. The SMILES string of the molecule is CN(Cc1ccc(Cl)s1)c1ccc(CCl)cc1F. The minimum absolute atomic E-state index is 0.252. The predicted octanol–water partition coefficient (Wildman–Crippen LogP) is 4.92. The quantitative estimate of drug-likeness (QED) is 0.725. The molecule has 0 aliphatic rings. The third-order valence-corrected chi connectivity index (χ3v) is 4.12. The average molecular weight is 304 g/mol. The van der Waals surface area contributed by atoms with Gasteiger partial charge in [0.05, 0.1) is 16.6 Å². The highest BCUT2D eigenvalue weighted by molar-refractivity contribution is 7.16. The number of benzene rings is 1. The van der Waals surface area contributed by atoms with Gasteiger partial charge >= 0.3 is 0 Å². The lowest BCUT2D eigenvalue weighted by Crippen LogP contribution is -2.17. The van der Waals surface area contributed by atoms with Gasteiger partial charge in [-0.15, -0.1) is 22.9 Å². The van der Waals surface area contributed by atoms with Crippen molar-refractivity contribution in [1.29, 1.82) is 0 Å². The van der Waals surface area contributed by atoms with Crippen molar-refractivity contribution in [1.82, 2.24) is 0 Å². The number of alkyl halides is 1. The van der Waals surface area contributed by atoms with Crippen molar-refractivity contribution in [2.75, 3.05) is 11.9 Å². The highest BCUT2D eigenvalue weighted by Crippen LogP contribution is 2.26. The smallest absolute Gasteiger partial charge is 0.146 e. The van der Waals surface area contributed by atoms with Crippen LogP contribution in [0.2, 0.25) is 4.34 Å². The van der Waals surface area contributed by atoms with Crippen LogP contribution in [0.25, 0.3) is 0 Å². The molecule has 0 spiro atoms. The predicted molar refractivity (Wildman–Crippen MR) is 77.4 cm³/mol. The van der Waals surface area contributed by atoms with Gasteiger partial charge in [0.1, 0.15) is 5.82 Å². The molecule has 0 fully saturated rings. The molecule has 0 saturated carbocycles. The summed E-state index contributed by atoms with van der Waals surface area (Å²) in [6, 6.07) is 8.86. The number of rotatable bonds is 4. The Labute approximate surface area is 120 Å². The molecule has 1 nitrogen and oxygen atoms in total. The summed E-state index contributed by atoms with van der Waals surface area (Å²) in [6.45, 7) is 0.633. The zero-order valence-electron chi connectivity index (χ0n) is 9.79. The molecule has 5 heteroatoms. The van der Waals surface area contributed by atoms with Crippen molar-refractivity contribution >= 4 is 40.2 Å². The van der Waals surface area contributed by atoms with Crippen LogP contribution < -0.4 is 4.90 Å². The molecule has 0 N–H and O–H groups in total. The molecule has 96 valence electrons. The Hall–Kier alpha value is -0.770. The zero-order chi connectivity index (χ0) is 13.1. The minimum Gasteiger partial charge on any atom is -0.367 e. The first-order valence-corrected chi connectivity index (χ1v) is 7.13. The summed E-state index contributed by atoms with van der Waals surface area (Å²) in [6.07, 6.45) is 0. The van der Waals surface area contributed by atoms with E-state index in [4.69, 9.17) is 23.2 Å². The molecule has 0 amide bonds. The van der Waals surface area contributed by atoms with E-state index in [1.807, 2.05) is 30.1 Å². The van der Waals surface area contributed by atoms with E-state index in [1.54, 1.807) is 6.07 Å². The third kappa shape index (κ3) is 3.16. The van der Waals surface area contributed by atoms with Gasteiger partial charge in [-0.1, -0.05) is 17.7 Å². The van der Waals surface area contributed by atoms with Gasteiger partial charge in [0.25, 0.3) is 0 Å².